The van der Waals surface area contributed by atoms with Crippen molar-refractivity contribution in [3.05, 3.63) is 105 Å². The molecule has 0 heterocycles. The lowest BCUT2D eigenvalue weighted by molar-refractivity contribution is -0.112. The first-order valence-electron chi connectivity index (χ1n) is 10.7. The average Bonchev–Trinajstić information content (AvgIpc) is 2.89. The van der Waals surface area contributed by atoms with Crippen LogP contribution < -0.4 is 14.8 Å². The molecular formula is C28H18Br2N2O4. The Bertz CT molecular complexity index is 1530. The van der Waals surface area contributed by atoms with Crippen molar-refractivity contribution < 1.29 is 19.1 Å². The number of nitrogens with one attached hydrogen (secondary N) is 1. The number of methoxy groups -OCH3 is 1. The van der Waals surface area contributed by atoms with Gasteiger partial charge in [0.05, 0.1) is 17.1 Å². The van der Waals surface area contributed by atoms with Crippen molar-refractivity contribution in [1.29, 1.82) is 5.26 Å². The van der Waals surface area contributed by atoms with E-state index in [1.807, 2.05) is 36.4 Å². The topological polar surface area (TPSA) is 88.4 Å². The number of anilines is 1. The molecule has 8 heteroatoms. The third kappa shape index (κ3) is 5.65. The maximum Gasteiger partial charge on any atom is 0.344 e. The van der Waals surface area contributed by atoms with Gasteiger partial charge in [-0.25, -0.2) is 4.79 Å². The molecule has 178 valence electrons. The van der Waals surface area contributed by atoms with Gasteiger partial charge in [-0.1, -0.05) is 52.3 Å². The molecule has 4 aromatic rings. The fourth-order valence-corrected chi connectivity index (χ4v) is 4.33. The van der Waals surface area contributed by atoms with Gasteiger partial charge < -0.3 is 14.8 Å². The largest absolute Gasteiger partial charge is 0.493 e. The van der Waals surface area contributed by atoms with Crippen molar-refractivity contribution in [1.82, 2.24) is 0 Å². The van der Waals surface area contributed by atoms with Crippen LogP contribution in [0.15, 0.2) is 93.4 Å². The summed E-state index contributed by atoms with van der Waals surface area (Å²) in [5, 5.41) is 13.9. The second-order valence-electron chi connectivity index (χ2n) is 7.58. The fourth-order valence-electron chi connectivity index (χ4n) is 3.52. The van der Waals surface area contributed by atoms with Crippen molar-refractivity contribution in [3.63, 3.8) is 0 Å². The lowest BCUT2D eigenvalue weighted by Crippen LogP contribution is -2.13. The highest BCUT2D eigenvalue weighted by molar-refractivity contribution is 9.10. The molecule has 0 aromatic heterocycles. The molecule has 0 saturated heterocycles. The molecular weight excluding hydrogens is 588 g/mol. The molecule has 0 unspecified atom stereocenters. The number of hydrogen-bond acceptors (Lipinski definition) is 5. The fraction of sp³-hybridized carbons (Fsp3) is 0.0357. The molecule has 4 rings (SSSR count). The van der Waals surface area contributed by atoms with Crippen LogP contribution in [0.4, 0.5) is 5.69 Å². The average molecular weight is 606 g/mol. The van der Waals surface area contributed by atoms with Crippen LogP contribution in [0.5, 0.6) is 11.5 Å². The monoisotopic (exact) mass is 604 g/mol. The summed E-state index contributed by atoms with van der Waals surface area (Å²) in [7, 11) is 1.44. The number of carbonyl (C=O) groups is 2. The van der Waals surface area contributed by atoms with Crippen LogP contribution in [-0.2, 0) is 4.79 Å². The lowest BCUT2D eigenvalue weighted by Gasteiger charge is -2.13. The van der Waals surface area contributed by atoms with E-state index in [0.29, 0.717) is 21.3 Å². The van der Waals surface area contributed by atoms with Gasteiger partial charge in [0.15, 0.2) is 11.5 Å². The number of nitriles is 1. The zero-order chi connectivity index (χ0) is 25.7. The Hall–Kier alpha value is -3.93. The molecule has 0 fully saturated rings. The molecule has 0 spiro atoms. The van der Waals surface area contributed by atoms with E-state index in [0.717, 1.165) is 15.2 Å². The molecule has 0 aliphatic heterocycles. The van der Waals surface area contributed by atoms with Gasteiger partial charge in [-0.05, 0) is 80.8 Å². The summed E-state index contributed by atoms with van der Waals surface area (Å²) in [5.41, 5.74) is 1.37. The van der Waals surface area contributed by atoms with E-state index < -0.39 is 11.9 Å². The summed E-state index contributed by atoms with van der Waals surface area (Å²) in [6.07, 6.45) is 1.43. The van der Waals surface area contributed by atoms with Crippen molar-refractivity contribution >= 4 is 66.3 Å². The predicted octanol–water partition coefficient (Wildman–Crippen LogP) is 7.14. The lowest BCUT2D eigenvalue weighted by atomic mass is 10.0. The van der Waals surface area contributed by atoms with Gasteiger partial charge in [0.25, 0.3) is 5.91 Å². The number of benzene rings is 4. The van der Waals surface area contributed by atoms with Gasteiger partial charge in [0.1, 0.15) is 11.6 Å². The second kappa shape index (κ2) is 11.2. The van der Waals surface area contributed by atoms with Crippen LogP contribution in [0.1, 0.15) is 15.9 Å². The molecule has 4 aromatic carbocycles. The van der Waals surface area contributed by atoms with Gasteiger partial charge in [-0.15, -0.1) is 0 Å². The Kier molecular flexibility index (Phi) is 7.84. The maximum absolute atomic E-state index is 13.0. The molecule has 1 amide bonds. The Morgan fingerprint density at radius 3 is 2.42 bits per heavy atom. The van der Waals surface area contributed by atoms with E-state index >= 15 is 0 Å². The van der Waals surface area contributed by atoms with Gasteiger partial charge in [0, 0.05) is 10.2 Å². The van der Waals surface area contributed by atoms with E-state index in [1.54, 1.807) is 48.5 Å². The maximum atomic E-state index is 13.0. The first kappa shape index (κ1) is 25.2. The molecule has 36 heavy (non-hydrogen) atoms. The number of fused-ring (bicyclic) bond motifs is 1. The van der Waals surface area contributed by atoms with Gasteiger partial charge in [-0.2, -0.15) is 5.26 Å². The zero-order valence-corrected chi connectivity index (χ0v) is 22.1. The number of amides is 1. The van der Waals surface area contributed by atoms with Gasteiger partial charge in [-0.3, -0.25) is 4.79 Å². The Morgan fingerprint density at radius 1 is 0.972 bits per heavy atom. The van der Waals surface area contributed by atoms with Crippen LogP contribution in [-0.4, -0.2) is 19.0 Å². The van der Waals surface area contributed by atoms with Crippen LogP contribution in [0.3, 0.4) is 0 Å². The zero-order valence-electron chi connectivity index (χ0n) is 18.9. The minimum Gasteiger partial charge on any atom is -0.493 e. The van der Waals surface area contributed by atoms with E-state index in [4.69, 9.17) is 9.47 Å². The summed E-state index contributed by atoms with van der Waals surface area (Å²) >= 11 is 6.76. The second-order valence-corrected chi connectivity index (χ2v) is 9.35. The van der Waals surface area contributed by atoms with Crippen molar-refractivity contribution in [3.8, 4) is 17.6 Å². The standard InChI is InChI=1S/C28H18Br2N2O4/c1-35-25-15-17(13-19(16-31)27(33)32-21-11-9-20(29)10-12-21)14-24(30)26(25)36-28(34)23-8-4-6-18-5-2-3-7-22(18)23/h2-15H,1H3,(H,32,33)/b19-13+. The normalized spacial score (nSPS) is 11.0. The van der Waals surface area contributed by atoms with Crippen molar-refractivity contribution in [2.75, 3.05) is 12.4 Å². The molecule has 0 radical (unpaired) electrons. The quantitative estimate of drug-likeness (QED) is 0.109. The highest BCUT2D eigenvalue weighted by atomic mass is 79.9. The molecule has 1 N–H and O–H groups in total. The molecule has 0 saturated carbocycles. The van der Waals surface area contributed by atoms with E-state index in [1.165, 1.54) is 13.2 Å². The van der Waals surface area contributed by atoms with E-state index in [-0.39, 0.29) is 17.1 Å². The predicted molar refractivity (Wildman–Crippen MR) is 146 cm³/mol. The van der Waals surface area contributed by atoms with Crippen LogP contribution >= 0.6 is 31.9 Å². The first-order valence-corrected chi connectivity index (χ1v) is 12.2. The molecule has 6 nitrogen and oxygen atoms in total. The highest BCUT2D eigenvalue weighted by Crippen LogP contribution is 2.38. The molecule has 0 aliphatic rings. The van der Waals surface area contributed by atoms with Crippen molar-refractivity contribution in [2.24, 2.45) is 0 Å². The molecule has 0 bridgehead atoms. The summed E-state index contributed by atoms with van der Waals surface area (Å²) in [6, 6.07) is 25.1. The number of halogens is 2. The van der Waals surface area contributed by atoms with Crippen LogP contribution in [0, 0.1) is 11.3 Å². The summed E-state index contributed by atoms with van der Waals surface area (Å²) in [6.45, 7) is 0. The number of esters is 1. The minimum atomic E-state index is -0.554. The summed E-state index contributed by atoms with van der Waals surface area (Å²) in [5.74, 6) is -0.651. The summed E-state index contributed by atoms with van der Waals surface area (Å²) < 4.78 is 12.4. The Morgan fingerprint density at radius 2 is 1.69 bits per heavy atom. The summed E-state index contributed by atoms with van der Waals surface area (Å²) in [4.78, 5) is 25.7. The van der Waals surface area contributed by atoms with Gasteiger partial charge >= 0.3 is 5.97 Å². The Balaban J connectivity index is 1.61. The molecule has 0 aliphatic carbocycles. The number of nitrogens with zero attached hydrogens (tertiary/aromatic N) is 1. The first-order chi connectivity index (χ1) is 17.4. The number of rotatable bonds is 6. The Labute approximate surface area is 224 Å². The SMILES string of the molecule is COc1cc(/C=C(\C#N)C(=O)Nc2ccc(Br)cc2)cc(Br)c1OC(=O)c1cccc2ccccc12. The molecule has 0 atom stereocenters. The van der Waals surface area contributed by atoms with E-state index in [9.17, 15) is 14.9 Å². The van der Waals surface area contributed by atoms with Crippen molar-refractivity contribution in [2.45, 2.75) is 0 Å². The number of carbonyl (C=O) groups excluding carboxylic acids is 2. The number of ether oxygens (including phenoxy) is 2. The van der Waals surface area contributed by atoms with Crippen LogP contribution in [0.25, 0.3) is 16.8 Å². The van der Waals surface area contributed by atoms with Gasteiger partial charge in [0.2, 0.25) is 0 Å². The smallest absolute Gasteiger partial charge is 0.344 e. The minimum absolute atomic E-state index is 0.104. The highest BCUT2D eigenvalue weighted by Gasteiger charge is 2.19. The number of hydrogen-bond donors (Lipinski definition) is 1. The third-order valence-corrected chi connectivity index (χ3v) is 6.35. The van der Waals surface area contributed by atoms with Crippen LogP contribution in [0.2, 0.25) is 0 Å². The third-order valence-electron chi connectivity index (χ3n) is 5.23. The van der Waals surface area contributed by atoms with E-state index in [2.05, 4.69) is 37.2 Å².